The van der Waals surface area contributed by atoms with Crippen molar-refractivity contribution in [1.82, 2.24) is 19.9 Å². The van der Waals surface area contributed by atoms with E-state index in [1.165, 1.54) is 6.33 Å². The number of rotatable bonds is 4. The molecule has 0 saturated heterocycles. The molecule has 90 valence electrons. The van der Waals surface area contributed by atoms with Crippen LogP contribution in [0.1, 0.15) is 6.92 Å². The number of imidazole rings is 1. The van der Waals surface area contributed by atoms with Gasteiger partial charge in [0.05, 0.1) is 12.2 Å². The van der Waals surface area contributed by atoms with Crippen molar-refractivity contribution in [2.24, 2.45) is 11.7 Å². The number of hydrogen-bond donors (Lipinski definition) is 3. The highest BCUT2D eigenvalue weighted by Gasteiger charge is 2.14. The lowest BCUT2D eigenvalue weighted by Gasteiger charge is -2.21. The number of aromatic amines is 1. The zero-order chi connectivity index (χ0) is 12.4. The Kier molecular flexibility index (Phi) is 2.90. The van der Waals surface area contributed by atoms with Crippen LogP contribution in [-0.4, -0.2) is 39.4 Å². The minimum atomic E-state index is -0.0204. The molecule has 2 rings (SSSR count). The molecular formula is C10H15N7. The van der Waals surface area contributed by atoms with E-state index in [9.17, 15) is 0 Å². The molecule has 0 radical (unpaired) electrons. The molecule has 0 aliphatic rings. The Labute approximate surface area is 98.6 Å². The fraction of sp³-hybridized carbons (Fsp3) is 0.400. The molecule has 0 saturated carbocycles. The lowest BCUT2D eigenvalue weighted by atomic mass is 10.1. The van der Waals surface area contributed by atoms with Crippen LogP contribution in [0.4, 0.5) is 5.82 Å². The summed E-state index contributed by atoms with van der Waals surface area (Å²) in [6.45, 7) is 2.53. The van der Waals surface area contributed by atoms with Gasteiger partial charge in [0, 0.05) is 19.5 Å². The number of nitrogens with one attached hydrogen (secondary N) is 2. The van der Waals surface area contributed by atoms with Gasteiger partial charge in [0.25, 0.3) is 0 Å². The fourth-order valence-electron chi connectivity index (χ4n) is 1.64. The summed E-state index contributed by atoms with van der Waals surface area (Å²) in [6, 6.07) is 0. The van der Waals surface area contributed by atoms with Gasteiger partial charge in [-0.15, -0.1) is 0 Å². The smallest absolute Gasteiger partial charge is 0.182 e. The quantitative estimate of drug-likeness (QED) is 0.522. The molecule has 0 aromatic carbocycles. The third-order valence-electron chi connectivity index (χ3n) is 2.64. The molecule has 0 bridgehead atoms. The van der Waals surface area contributed by atoms with Crippen molar-refractivity contribution in [1.29, 1.82) is 5.41 Å². The highest BCUT2D eigenvalue weighted by atomic mass is 15.2. The standard InChI is InChI=1S/C10H15N7/c1-6(8(11)12)3-17(2)10-7-9(14-4-13-7)15-5-16-10/h4-6H,3H2,1-2H3,(H3,11,12)(H,13,14,15,16). The number of aromatic nitrogens is 4. The minimum absolute atomic E-state index is 0.0204. The number of fused-ring (bicyclic) bond motifs is 1. The van der Waals surface area contributed by atoms with Gasteiger partial charge in [0.15, 0.2) is 11.5 Å². The van der Waals surface area contributed by atoms with E-state index < -0.39 is 0 Å². The van der Waals surface area contributed by atoms with Gasteiger partial charge in [0.1, 0.15) is 11.8 Å². The van der Waals surface area contributed by atoms with E-state index in [-0.39, 0.29) is 11.8 Å². The van der Waals surface area contributed by atoms with Crippen LogP contribution in [0.2, 0.25) is 0 Å². The van der Waals surface area contributed by atoms with Crippen LogP contribution in [-0.2, 0) is 0 Å². The summed E-state index contributed by atoms with van der Waals surface area (Å²) in [6.07, 6.45) is 3.07. The van der Waals surface area contributed by atoms with Gasteiger partial charge in [0.2, 0.25) is 0 Å². The zero-order valence-electron chi connectivity index (χ0n) is 9.81. The Balaban J connectivity index is 2.27. The molecule has 0 aliphatic carbocycles. The van der Waals surface area contributed by atoms with Crippen molar-refractivity contribution in [3.63, 3.8) is 0 Å². The first kappa shape index (κ1) is 11.3. The van der Waals surface area contributed by atoms with Crippen molar-refractivity contribution in [2.75, 3.05) is 18.5 Å². The van der Waals surface area contributed by atoms with Gasteiger partial charge < -0.3 is 15.6 Å². The Morgan fingerprint density at radius 3 is 3.00 bits per heavy atom. The first-order valence-corrected chi connectivity index (χ1v) is 5.28. The maximum Gasteiger partial charge on any atom is 0.182 e. The van der Waals surface area contributed by atoms with E-state index in [0.29, 0.717) is 12.2 Å². The van der Waals surface area contributed by atoms with E-state index in [0.717, 1.165) is 11.3 Å². The second-order valence-electron chi connectivity index (χ2n) is 4.04. The highest BCUT2D eigenvalue weighted by molar-refractivity contribution is 5.83. The molecule has 2 heterocycles. The second kappa shape index (κ2) is 4.36. The van der Waals surface area contributed by atoms with Crippen LogP contribution in [0.3, 0.4) is 0 Å². The van der Waals surface area contributed by atoms with E-state index in [1.807, 2.05) is 18.9 Å². The SMILES string of the molecule is CC(CN(C)c1ncnc2nc[nH]c12)C(=N)N. The van der Waals surface area contributed by atoms with Crippen LogP contribution in [0.25, 0.3) is 11.2 Å². The van der Waals surface area contributed by atoms with Crippen LogP contribution >= 0.6 is 0 Å². The van der Waals surface area contributed by atoms with Crippen molar-refractivity contribution in [3.05, 3.63) is 12.7 Å². The van der Waals surface area contributed by atoms with Gasteiger partial charge in [-0.2, -0.15) is 0 Å². The molecule has 0 amide bonds. The van der Waals surface area contributed by atoms with E-state index in [1.54, 1.807) is 6.33 Å². The fourth-order valence-corrected chi connectivity index (χ4v) is 1.64. The second-order valence-corrected chi connectivity index (χ2v) is 4.04. The highest BCUT2D eigenvalue weighted by Crippen LogP contribution is 2.18. The molecule has 0 aliphatic heterocycles. The van der Waals surface area contributed by atoms with Gasteiger partial charge in [-0.05, 0) is 0 Å². The summed E-state index contributed by atoms with van der Waals surface area (Å²) in [5.74, 6) is 0.917. The Bertz CT molecular complexity index is 532. The van der Waals surface area contributed by atoms with Gasteiger partial charge in [-0.1, -0.05) is 6.92 Å². The molecule has 7 nitrogen and oxygen atoms in total. The summed E-state index contributed by atoms with van der Waals surface area (Å²) in [7, 11) is 1.90. The first-order valence-electron chi connectivity index (χ1n) is 5.28. The summed E-state index contributed by atoms with van der Waals surface area (Å²) in [5, 5.41) is 7.39. The molecule has 7 heteroatoms. The van der Waals surface area contributed by atoms with E-state index >= 15 is 0 Å². The van der Waals surface area contributed by atoms with Crippen molar-refractivity contribution in [3.8, 4) is 0 Å². The number of anilines is 1. The Morgan fingerprint density at radius 2 is 2.29 bits per heavy atom. The molecule has 2 aromatic heterocycles. The molecule has 1 atom stereocenters. The minimum Gasteiger partial charge on any atom is -0.387 e. The number of H-pyrrole nitrogens is 1. The van der Waals surface area contributed by atoms with E-state index in [4.69, 9.17) is 11.1 Å². The topological polar surface area (TPSA) is 108 Å². The molecule has 2 aromatic rings. The van der Waals surface area contributed by atoms with Crippen molar-refractivity contribution in [2.45, 2.75) is 6.92 Å². The largest absolute Gasteiger partial charge is 0.387 e. The summed E-state index contributed by atoms with van der Waals surface area (Å²) in [4.78, 5) is 17.3. The summed E-state index contributed by atoms with van der Waals surface area (Å²) >= 11 is 0. The maximum absolute atomic E-state index is 7.39. The number of nitrogens with zero attached hydrogens (tertiary/aromatic N) is 4. The van der Waals surface area contributed by atoms with E-state index in [2.05, 4.69) is 19.9 Å². The van der Waals surface area contributed by atoms with Crippen LogP contribution in [0.5, 0.6) is 0 Å². The molecule has 1 unspecified atom stereocenters. The molecular weight excluding hydrogens is 218 g/mol. The number of hydrogen-bond acceptors (Lipinski definition) is 5. The van der Waals surface area contributed by atoms with Crippen LogP contribution in [0.15, 0.2) is 12.7 Å². The first-order chi connectivity index (χ1) is 8.09. The Morgan fingerprint density at radius 1 is 1.53 bits per heavy atom. The lowest BCUT2D eigenvalue weighted by Crippen LogP contribution is -2.32. The summed E-state index contributed by atoms with van der Waals surface area (Å²) < 4.78 is 0. The van der Waals surface area contributed by atoms with Gasteiger partial charge in [-0.25, -0.2) is 15.0 Å². The Hall–Kier alpha value is -2.18. The van der Waals surface area contributed by atoms with Crippen LogP contribution < -0.4 is 10.6 Å². The van der Waals surface area contributed by atoms with Gasteiger partial charge >= 0.3 is 0 Å². The average Bonchev–Trinajstić information content (AvgIpc) is 2.76. The number of amidine groups is 1. The predicted octanol–water partition coefficient (Wildman–Crippen LogP) is 0.361. The van der Waals surface area contributed by atoms with Gasteiger partial charge in [-0.3, -0.25) is 5.41 Å². The lowest BCUT2D eigenvalue weighted by molar-refractivity contribution is 0.723. The average molecular weight is 233 g/mol. The summed E-state index contributed by atoms with van der Waals surface area (Å²) in [5.41, 5.74) is 6.89. The van der Waals surface area contributed by atoms with Crippen LogP contribution in [0, 0.1) is 11.3 Å². The molecule has 4 N–H and O–H groups in total. The third-order valence-corrected chi connectivity index (χ3v) is 2.64. The van der Waals surface area contributed by atoms with Crippen molar-refractivity contribution >= 4 is 22.8 Å². The maximum atomic E-state index is 7.39. The monoisotopic (exact) mass is 233 g/mol. The molecule has 0 fully saturated rings. The molecule has 0 spiro atoms. The predicted molar refractivity (Wildman–Crippen MR) is 66.0 cm³/mol. The molecule has 17 heavy (non-hydrogen) atoms. The third kappa shape index (κ3) is 2.17. The number of nitrogens with two attached hydrogens (primary N) is 1. The normalized spacial score (nSPS) is 12.6. The zero-order valence-corrected chi connectivity index (χ0v) is 9.81. The van der Waals surface area contributed by atoms with Crippen molar-refractivity contribution < 1.29 is 0 Å².